The molecule has 59 heavy (non-hydrogen) atoms. The van der Waals surface area contributed by atoms with E-state index in [2.05, 4.69) is 202 Å². The second-order valence-corrected chi connectivity index (χ2v) is 16.0. The number of anilines is 2. The van der Waals surface area contributed by atoms with E-state index in [1.807, 2.05) is 0 Å². The first kappa shape index (κ1) is 31.3. The lowest BCUT2D eigenvalue weighted by Gasteiger charge is -2.28. The largest absolute Gasteiger partial charge is 0.456 e. The maximum Gasteiger partial charge on any atom is 0.145 e. The number of furan rings is 2. The van der Waals surface area contributed by atoms with Crippen molar-refractivity contribution in [2.45, 2.75) is 12.0 Å². The highest BCUT2D eigenvalue weighted by molar-refractivity contribution is 6.29. The number of aromatic nitrogens is 2. The van der Waals surface area contributed by atoms with Crippen LogP contribution in [-0.2, 0) is 0 Å². The molecule has 0 amide bonds. The predicted molar refractivity (Wildman–Crippen MR) is 243 cm³/mol. The molecule has 0 spiro atoms. The summed E-state index contributed by atoms with van der Waals surface area (Å²) < 4.78 is 18.4. The molecule has 1 aliphatic heterocycles. The zero-order chi connectivity index (χ0) is 38.3. The second-order valence-electron chi connectivity index (χ2n) is 16.0. The summed E-state index contributed by atoms with van der Waals surface area (Å²) in [6, 6.07) is 59.3. The van der Waals surface area contributed by atoms with Crippen LogP contribution in [0.4, 0.5) is 11.4 Å². The maximum atomic E-state index is 7.18. The third kappa shape index (κ3) is 4.13. The van der Waals surface area contributed by atoms with Crippen LogP contribution in [0.1, 0.15) is 11.5 Å². The summed E-state index contributed by atoms with van der Waals surface area (Å²) in [5, 5.41) is 9.03. The van der Waals surface area contributed by atoms with E-state index in [1.165, 1.54) is 16.6 Å². The SMILES string of the molecule is C1=CC2c3ccccc3N(c3ccc4oc5ccc(-n6c7ccccc7c7c8oc9c(ccc%10c9c9ccccc9n%10-c9ccccc9)c8ccc76)cc5c4c3)C2C=C1. The van der Waals surface area contributed by atoms with Crippen LogP contribution in [0.25, 0.3) is 98.9 Å². The van der Waals surface area contributed by atoms with Gasteiger partial charge in [-0.05, 0) is 96.6 Å². The summed E-state index contributed by atoms with van der Waals surface area (Å²) in [5.41, 5.74) is 14.1. The fourth-order valence-electron chi connectivity index (χ4n) is 10.6. The Balaban J connectivity index is 0.985. The lowest BCUT2D eigenvalue weighted by atomic mass is 9.91. The van der Waals surface area contributed by atoms with Crippen LogP contribution in [0.3, 0.4) is 0 Å². The summed E-state index contributed by atoms with van der Waals surface area (Å²) in [6.07, 6.45) is 9.01. The molecule has 14 rings (SSSR count). The zero-order valence-electron chi connectivity index (χ0n) is 31.7. The highest BCUT2D eigenvalue weighted by atomic mass is 16.3. The average molecular weight is 756 g/mol. The molecule has 1 aliphatic carbocycles. The summed E-state index contributed by atoms with van der Waals surface area (Å²) in [6.45, 7) is 0. The van der Waals surface area contributed by atoms with E-state index in [0.717, 1.165) is 99.2 Å². The highest BCUT2D eigenvalue weighted by Crippen LogP contribution is 2.49. The number of rotatable bonds is 3. The van der Waals surface area contributed by atoms with E-state index >= 15 is 0 Å². The third-order valence-electron chi connectivity index (χ3n) is 13.0. The minimum absolute atomic E-state index is 0.231. The van der Waals surface area contributed by atoms with Gasteiger partial charge in [0.05, 0.1) is 38.9 Å². The average Bonchev–Trinajstić information content (AvgIpc) is 4.09. The molecule has 276 valence electrons. The third-order valence-corrected chi connectivity index (χ3v) is 13.0. The van der Waals surface area contributed by atoms with Crippen LogP contribution in [0, 0.1) is 0 Å². The second kappa shape index (κ2) is 11.4. The van der Waals surface area contributed by atoms with Gasteiger partial charge in [-0.3, -0.25) is 0 Å². The molecule has 0 saturated carbocycles. The molecule has 2 unspecified atom stereocenters. The van der Waals surface area contributed by atoms with Crippen LogP contribution in [0.2, 0.25) is 0 Å². The summed E-state index contributed by atoms with van der Waals surface area (Å²) >= 11 is 0. The van der Waals surface area contributed by atoms with Gasteiger partial charge in [0, 0.05) is 61.0 Å². The van der Waals surface area contributed by atoms with E-state index in [9.17, 15) is 0 Å². The summed E-state index contributed by atoms with van der Waals surface area (Å²) in [4.78, 5) is 2.49. The van der Waals surface area contributed by atoms with Gasteiger partial charge in [-0.15, -0.1) is 0 Å². The Morgan fingerprint density at radius 2 is 0.966 bits per heavy atom. The van der Waals surface area contributed by atoms with Gasteiger partial charge in [0.1, 0.15) is 22.3 Å². The van der Waals surface area contributed by atoms with Crippen molar-refractivity contribution in [3.63, 3.8) is 0 Å². The lowest BCUT2D eigenvalue weighted by Crippen LogP contribution is -2.28. The topological polar surface area (TPSA) is 39.4 Å². The molecule has 5 heteroatoms. The first-order chi connectivity index (χ1) is 29.3. The minimum Gasteiger partial charge on any atom is -0.456 e. The number of nitrogens with zero attached hydrogens (tertiary/aromatic N) is 3. The molecule has 5 heterocycles. The van der Waals surface area contributed by atoms with Crippen LogP contribution >= 0.6 is 0 Å². The number of fused-ring (bicyclic) bond motifs is 17. The van der Waals surface area contributed by atoms with Crippen molar-refractivity contribution < 1.29 is 8.83 Å². The Morgan fingerprint density at radius 3 is 1.68 bits per heavy atom. The number of benzene rings is 8. The monoisotopic (exact) mass is 755 g/mol. The molecule has 4 aromatic heterocycles. The fraction of sp³-hybridized carbons (Fsp3) is 0.0370. The number of allylic oxidation sites excluding steroid dienone is 2. The van der Waals surface area contributed by atoms with E-state index in [4.69, 9.17) is 8.83 Å². The molecule has 0 bridgehead atoms. The van der Waals surface area contributed by atoms with Crippen molar-refractivity contribution in [1.82, 2.24) is 9.13 Å². The molecule has 2 aliphatic rings. The van der Waals surface area contributed by atoms with Gasteiger partial charge in [0.2, 0.25) is 0 Å². The number of para-hydroxylation sites is 4. The number of hydrogen-bond donors (Lipinski definition) is 0. The van der Waals surface area contributed by atoms with Crippen LogP contribution in [-0.4, -0.2) is 15.2 Å². The van der Waals surface area contributed by atoms with Crippen LogP contribution < -0.4 is 4.90 Å². The van der Waals surface area contributed by atoms with E-state index < -0.39 is 0 Å². The zero-order valence-corrected chi connectivity index (χ0v) is 31.7. The Bertz CT molecular complexity index is 3820. The Morgan fingerprint density at radius 1 is 0.390 bits per heavy atom. The van der Waals surface area contributed by atoms with Crippen molar-refractivity contribution in [3.8, 4) is 11.4 Å². The molecule has 0 N–H and O–H groups in total. The van der Waals surface area contributed by atoms with Gasteiger partial charge in [-0.2, -0.15) is 0 Å². The van der Waals surface area contributed by atoms with Crippen molar-refractivity contribution in [2.75, 3.05) is 4.90 Å². The van der Waals surface area contributed by atoms with Crippen LogP contribution in [0.15, 0.2) is 197 Å². The van der Waals surface area contributed by atoms with E-state index in [1.54, 1.807) is 0 Å². The van der Waals surface area contributed by atoms with Crippen LogP contribution in [0.5, 0.6) is 0 Å². The molecule has 8 aromatic carbocycles. The maximum absolute atomic E-state index is 7.18. The minimum atomic E-state index is 0.231. The Hall–Kier alpha value is -7.76. The molecule has 2 atom stereocenters. The van der Waals surface area contributed by atoms with E-state index in [0.29, 0.717) is 5.92 Å². The lowest BCUT2D eigenvalue weighted by molar-refractivity contribution is 0.668. The molecule has 12 aromatic rings. The predicted octanol–water partition coefficient (Wildman–Crippen LogP) is 14.4. The van der Waals surface area contributed by atoms with Crippen molar-refractivity contribution >= 4 is 98.9 Å². The molecule has 5 nitrogen and oxygen atoms in total. The standard InChI is InChI=1S/C54H33N3O2/c1-2-12-32(13-3-1)55-45-20-10-6-16-39(45)51-47(55)26-24-37-38-25-27-48-52(54(38)59-53(37)51)40-17-7-11-21-46(40)57(48)34-23-29-50-42(31-34)41-30-33(22-28-49(41)58-50)56-43-18-8-4-14-35(43)36-15-5-9-19-44(36)56/h1-31,35,43H. The van der Waals surface area contributed by atoms with Gasteiger partial charge in [-0.1, -0.05) is 97.1 Å². The Labute approximate surface area is 337 Å². The molecular formula is C54H33N3O2. The van der Waals surface area contributed by atoms with Gasteiger partial charge in [-0.25, -0.2) is 0 Å². The quantitative estimate of drug-likeness (QED) is 0.180. The first-order valence-corrected chi connectivity index (χ1v) is 20.3. The normalized spacial score (nSPS) is 16.3. The summed E-state index contributed by atoms with van der Waals surface area (Å²) in [7, 11) is 0. The molecule has 0 fully saturated rings. The van der Waals surface area contributed by atoms with Crippen molar-refractivity contribution in [1.29, 1.82) is 0 Å². The smallest absolute Gasteiger partial charge is 0.145 e. The van der Waals surface area contributed by atoms with Gasteiger partial charge < -0.3 is 22.9 Å². The van der Waals surface area contributed by atoms with E-state index in [-0.39, 0.29) is 6.04 Å². The van der Waals surface area contributed by atoms with Gasteiger partial charge >= 0.3 is 0 Å². The molecule has 0 radical (unpaired) electrons. The highest BCUT2D eigenvalue weighted by Gasteiger charge is 2.37. The van der Waals surface area contributed by atoms with Crippen molar-refractivity contribution in [3.05, 3.63) is 194 Å². The fourth-order valence-corrected chi connectivity index (χ4v) is 10.6. The molecule has 0 saturated heterocycles. The number of hydrogen-bond acceptors (Lipinski definition) is 3. The first-order valence-electron chi connectivity index (χ1n) is 20.3. The van der Waals surface area contributed by atoms with Gasteiger partial charge in [0.15, 0.2) is 0 Å². The van der Waals surface area contributed by atoms with Gasteiger partial charge in [0.25, 0.3) is 0 Å². The summed E-state index contributed by atoms with van der Waals surface area (Å²) in [5.74, 6) is 0.328. The molecular weight excluding hydrogens is 723 g/mol. The Kier molecular flexibility index (Phi) is 6.07. The van der Waals surface area contributed by atoms with Crippen molar-refractivity contribution in [2.24, 2.45) is 0 Å².